The van der Waals surface area contributed by atoms with Crippen LogP contribution in [0.4, 0.5) is 10.9 Å². The van der Waals surface area contributed by atoms with E-state index in [-0.39, 0.29) is 18.6 Å². The second-order valence-corrected chi connectivity index (χ2v) is 9.57. The maximum Gasteiger partial charge on any atom is 0.239 e. The summed E-state index contributed by atoms with van der Waals surface area (Å²) in [5.41, 5.74) is 1.05. The van der Waals surface area contributed by atoms with E-state index in [4.69, 9.17) is 16.6 Å². The molecule has 2 aliphatic rings. The van der Waals surface area contributed by atoms with E-state index in [1.54, 1.807) is 6.20 Å². The van der Waals surface area contributed by atoms with Crippen LogP contribution in [0.1, 0.15) is 43.7 Å². The van der Waals surface area contributed by atoms with Crippen molar-refractivity contribution in [2.24, 2.45) is 0 Å². The molecule has 0 aromatic carbocycles. The summed E-state index contributed by atoms with van der Waals surface area (Å²) in [7, 11) is 0. The van der Waals surface area contributed by atoms with Gasteiger partial charge in [0.1, 0.15) is 10.2 Å². The molecule has 2 aromatic heterocycles. The van der Waals surface area contributed by atoms with Crippen molar-refractivity contribution >= 4 is 39.8 Å². The first kappa shape index (κ1) is 21.5. The van der Waals surface area contributed by atoms with Crippen LogP contribution in [0.3, 0.4) is 0 Å². The molecule has 2 saturated heterocycles. The van der Waals surface area contributed by atoms with E-state index in [0.29, 0.717) is 16.8 Å². The number of piperidine rings is 2. The number of pyridine rings is 1. The van der Waals surface area contributed by atoms with E-state index in [9.17, 15) is 9.90 Å². The molecular formula is C21H28ClN5O2S. The maximum atomic E-state index is 13.1. The predicted molar refractivity (Wildman–Crippen MR) is 119 cm³/mol. The van der Waals surface area contributed by atoms with Crippen molar-refractivity contribution in [3.8, 4) is 0 Å². The van der Waals surface area contributed by atoms with Gasteiger partial charge in [-0.25, -0.2) is 9.97 Å². The molecule has 1 atom stereocenters. The molecule has 2 N–H and O–H groups in total. The van der Waals surface area contributed by atoms with Crippen molar-refractivity contribution in [2.45, 2.75) is 44.1 Å². The van der Waals surface area contributed by atoms with Crippen LogP contribution in [0.25, 0.3) is 0 Å². The summed E-state index contributed by atoms with van der Waals surface area (Å²) in [5.74, 6) is 1.33. The molecule has 0 spiro atoms. The van der Waals surface area contributed by atoms with Gasteiger partial charge in [0.15, 0.2) is 5.13 Å². The molecule has 2 fully saturated rings. The van der Waals surface area contributed by atoms with Crippen molar-refractivity contribution in [3.63, 3.8) is 0 Å². The third-order valence-corrected chi connectivity index (χ3v) is 7.02. The number of carbonyl (C=O) groups is 1. The summed E-state index contributed by atoms with van der Waals surface area (Å²) in [6.07, 6.45) is 6.54. The number of anilines is 2. The Hall–Kier alpha value is -1.74. The quantitative estimate of drug-likeness (QED) is 0.702. The van der Waals surface area contributed by atoms with Gasteiger partial charge < -0.3 is 15.3 Å². The van der Waals surface area contributed by atoms with Crippen molar-refractivity contribution in [3.05, 3.63) is 34.4 Å². The van der Waals surface area contributed by atoms with Crippen LogP contribution in [0, 0.1) is 0 Å². The Morgan fingerprint density at radius 1 is 1.23 bits per heavy atom. The number of hydrogen-bond donors (Lipinski definition) is 2. The second-order valence-electron chi connectivity index (χ2n) is 7.91. The lowest BCUT2D eigenvalue weighted by atomic mass is 9.92. The largest absolute Gasteiger partial charge is 0.395 e. The molecule has 9 heteroatoms. The van der Waals surface area contributed by atoms with E-state index in [1.807, 2.05) is 17.0 Å². The van der Waals surface area contributed by atoms with Gasteiger partial charge in [-0.1, -0.05) is 35.4 Å². The number of carbonyl (C=O) groups excluding carboxylic acids is 1. The minimum absolute atomic E-state index is 0.0711. The number of rotatable bonds is 6. The highest BCUT2D eigenvalue weighted by atomic mass is 35.5. The minimum atomic E-state index is -0.0711. The summed E-state index contributed by atoms with van der Waals surface area (Å²) in [6, 6.07) is 5.92. The van der Waals surface area contributed by atoms with Gasteiger partial charge in [-0.05, 0) is 44.4 Å². The number of hydrogen-bond acceptors (Lipinski definition) is 7. The molecule has 0 unspecified atom stereocenters. The van der Waals surface area contributed by atoms with Gasteiger partial charge in [0.05, 0.1) is 18.8 Å². The van der Waals surface area contributed by atoms with Gasteiger partial charge in [0, 0.05) is 31.2 Å². The van der Waals surface area contributed by atoms with E-state index in [1.165, 1.54) is 11.3 Å². The van der Waals surface area contributed by atoms with Crippen molar-refractivity contribution in [1.82, 2.24) is 19.8 Å². The third-order valence-electron chi connectivity index (χ3n) is 5.99. The van der Waals surface area contributed by atoms with Crippen LogP contribution in [-0.4, -0.2) is 69.6 Å². The van der Waals surface area contributed by atoms with Crippen LogP contribution in [0.5, 0.6) is 0 Å². The van der Waals surface area contributed by atoms with E-state index in [0.717, 1.165) is 68.4 Å². The monoisotopic (exact) mass is 449 g/mol. The number of aliphatic hydroxyl groups excluding tert-OH is 1. The Balaban J connectivity index is 1.35. The highest BCUT2D eigenvalue weighted by Crippen LogP contribution is 2.30. The number of amides is 1. The third kappa shape index (κ3) is 5.11. The number of nitrogens with zero attached hydrogens (tertiary/aromatic N) is 4. The molecule has 2 aliphatic heterocycles. The maximum absolute atomic E-state index is 13.1. The van der Waals surface area contributed by atoms with Crippen molar-refractivity contribution in [1.29, 1.82) is 0 Å². The Morgan fingerprint density at radius 3 is 2.80 bits per heavy atom. The van der Waals surface area contributed by atoms with Crippen LogP contribution in [-0.2, 0) is 4.79 Å². The standard InChI is InChI=1S/C21H28ClN5O2S/c22-18-14-23-21(30-18)25-19-6-3-4-16(24-19)15-7-10-27(11-8-15)20(29)17-5-1-2-9-26(17)12-13-28/h3-4,6,14-15,17,28H,1-2,5,7-13H2,(H,23,24,25)/t17-/m0/s1. The molecule has 0 radical (unpaired) electrons. The molecule has 4 rings (SSSR count). The van der Waals surface area contributed by atoms with Gasteiger partial charge in [0.25, 0.3) is 0 Å². The number of thiazole rings is 1. The lowest BCUT2D eigenvalue weighted by Crippen LogP contribution is -2.53. The molecule has 2 aromatic rings. The van der Waals surface area contributed by atoms with Crippen LogP contribution in [0.2, 0.25) is 4.34 Å². The number of likely N-dealkylation sites (tertiary alicyclic amines) is 2. The number of halogens is 1. The van der Waals surface area contributed by atoms with E-state index in [2.05, 4.69) is 21.3 Å². The molecule has 0 aliphatic carbocycles. The van der Waals surface area contributed by atoms with Gasteiger partial charge in [-0.3, -0.25) is 9.69 Å². The lowest BCUT2D eigenvalue weighted by Gasteiger charge is -2.39. The van der Waals surface area contributed by atoms with Gasteiger partial charge in [-0.2, -0.15) is 0 Å². The molecule has 7 nitrogen and oxygen atoms in total. The smallest absolute Gasteiger partial charge is 0.239 e. The van der Waals surface area contributed by atoms with E-state index >= 15 is 0 Å². The number of aliphatic hydroxyl groups is 1. The first-order valence-electron chi connectivity index (χ1n) is 10.6. The summed E-state index contributed by atoms with van der Waals surface area (Å²) >= 11 is 7.33. The predicted octanol–water partition coefficient (Wildman–Crippen LogP) is 3.49. The number of β-amino-alcohol motifs (C(OH)–C–C–N with tert-alkyl or cyclic N) is 1. The fourth-order valence-electron chi connectivity index (χ4n) is 4.44. The summed E-state index contributed by atoms with van der Waals surface area (Å²) in [4.78, 5) is 26.3. The first-order valence-corrected chi connectivity index (χ1v) is 11.8. The fourth-order valence-corrected chi connectivity index (χ4v) is 5.26. The van der Waals surface area contributed by atoms with Crippen LogP contribution >= 0.6 is 22.9 Å². The first-order chi connectivity index (χ1) is 14.6. The zero-order chi connectivity index (χ0) is 20.9. The SMILES string of the molecule is O=C([C@@H]1CCCCN1CCO)N1CCC(c2cccc(Nc3ncc(Cl)s3)n2)CC1. The zero-order valence-electron chi connectivity index (χ0n) is 17.0. The average Bonchev–Trinajstić information content (AvgIpc) is 3.19. The van der Waals surface area contributed by atoms with Gasteiger partial charge in [-0.15, -0.1) is 0 Å². The summed E-state index contributed by atoms with van der Waals surface area (Å²) in [6.45, 7) is 3.11. The molecule has 0 saturated carbocycles. The number of nitrogens with one attached hydrogen (secondary N) is 1. The Labute approximate surface area is 186 Å². The highest BCUT2D eigenvalue weighted by molar-refractivity contribution is 7.19. The van der Waals surface area contributed by atoms with Crippen LogP contribution in [0.15, 0.2) is 24.4 Å². The Bertz CT molecular complexity index is 853. The summed E-state index contributed by atoms with van der Waals surface area (Å²) < 4.78 is 0.640. The van der Waals surface area contributed by atoms with Crippen molar-refractivity contribution < 1.29 is 9.90 Å². The zero-order valence-corrected chi connectivity index (χ0v) is 18.5. The topological polar surface area (TPSA) is 81.6 Å². The normalized spacial score (nSPS) is 21.0. The Kier molecular flexibility index (Phi) is 7.20. The van der Waals surface area contributed by atoms with Gasteiger partial charge >= 0.3 is 0 Å². The minimum Gasteiger partial charge on any atom is -0.395 e. The average molecular weight is 450 g/mol. The molecule has 4 heterocycles. The Morgan fingerprint density at radius 2 is 2.07 bits per heavy atom. The number of aromatic nitrogens is 2. The lowest BCUT2D eigenvalue weighted by molar-refractivity contribution is -0.139. The molecule has 1 amide bonds. The van der Waals surface area contributed by atoms with Crippen molar-refractivity contribution in [2.75, 3.05) is 38.1 Å². The fraction of sp³-hybridized carbons (Fsp3) is 0.571. The molecule has 30 heavy (non-hydrogen) atoms. The second kappa shape index (κ2) is 10.0. The highest BCUT2D eigenvalue weighted by Gasteiger charge is 2.33. The van der Waals surface area contributed by atoms with Crippen LogP contribution < -0.4 is 5.32 Å². The molecule has 162 valence electrons. The molecular weight excluding hydrogens is 422 g/mol. The summed E-state index contributed by atoms with van der Waals surface area (Å²) in [5, 5.41) is 13.3. The molecule has 0 bridgehead atoms. The van der Waals surface area contributed by atoms with Gasteiger partial charge in [0.2, 0.25) is 5.91 Å². The van der Waals surface area contributed by atoms with E-state index < -0.39 is 0 Å².